The van der Waals surface area contributed by atoms with Gasteiger partial charge in [-0.25, -0.2) is 0 Å². The van der Waals surface area contributed by atoms with Gasteiger partial charge < -0.3 is 10.1 Å². The van der Waals surface area contributed by atoms with Crippen molar-refractivity contribution >= 4 is 5.82 Å². The van der Waals surface area contributed by atoms with Crippen molar-refractivity contribution in [3.63, 3.8) is 0 Å². The molecule has 0 atom stereocenters. The molecule has 0 spiro atoms. The number of methoxy groups -OCH3 is 1. The van der Waals surface area contributed by atoms with Crippen LogP contribution in [0.15, 0.2) is 36.4 Å². The Kier molecular flexibility index (Phi) is 4.39. The lowest BCUT2D eigenvalue weighted by atomic mass is 9.84. The predicted octanol–water partition coefficient (Wildman–Crippen LogP) is 2.75. The summed E-state index contributed by atoms with van der Waals surface area (Å²) < 4.78 is 5.26. The number of nitriles is 1. The number of nitrogens with zero attached hydrogens (tertiary/aromatic N) is 3. The molecule has 1 aromatic heterocycles. The van der Waals surface area contributed by atoms with Gasteiger partial charge >= 0.3 is 0 Å². The van der Waals surface area contributed by atoms with Crippen molar-refractivity contribution in [1.82, 2.24) is 10.2 Å². The van der Waals surface area contributed by atoms with Crippen LogP contribution in [0.3, 0.4) is 0 Å². The van der Waals surface area contributed by atoms with Gasteiger partial charge in [0.2, 0.25) is 0 Å². The molecule has 0 aliphatic carbocycles. The Hall–Kier alpha value is -2.61. The molecule has 1 aromatic carbocycles. The van der Waals surface area contributed by atoms with Crippen LogP contribution >= 0.6 is 0 Å². The molecule has 5 nitrogen and oxygen atoms in total. The van der Waals surface area contributed by atoms with E-state index in [1.54, 1.807) is 19.2 Å². The largest absolute Gasteiger partial charge is 0.497 e. The first-order valence-electron chi connectivity index (χ1n) is 6.67. The molecule has 0 aliphatic rings. The van der Waals surface area contributed by atoms with Crippen LogP contribution in [0, 0.1) is 11.3 Å². The summed E-state index contributed by atoms with van der Waals surface area (Å²) in [5.74, 6) is 1.50. The summed E-state index contributed by atoms with van der Waals surface area (Å²) in [5, 5.41) is 19.7. The minimum Gasteiger partial charge on any atom is -0.497 e. The van der Waals surface area contributed by atoms with E-state index in [2.05, 4.69) is 35.4 Å². The Bertz CT molecular complexity index is 644. The van der Waals surface area contributed by atoms with E-state index in [0.29, 0.717) is 18.1 Å². The fourth-order valence-electron chi connectivity index (χ4n) is 1.94. The smallest absolute Gasteiger partial charge is 0.163 e. The van der Waals surface area contributed by atoms with Crippen molar-refractivity contribution in [3.05, 3.63) is 47.7 Å². The van der Waals surface area contributed by atoms with Crippen LogP contribution < -0.4 is 10.1 Å². The second kappa shape index (κ2) is 6.23. The molecule has 2 rings (SSSR count). The maximum absolute atomic E-state index is 8.70. The number of benzene rings is 1. The number of hydrogen-bond acceptors (Lipinski definition) is 5. The standard InChI is InChI=1S/C16H18N4O/c1-16(2,12-5-4-6-14(9-12)21-3)11-18-15-8-7-13(10-17)19-20-15/h4-9H,11H2,1-3H3,(H,18,20). The molecular weight excluding hydrogens is 264 g/mol. The van der Waals surface area contributed by atoms with E-state index >= 15 is 0 Å². The van der Waals surface area contributed by atoms with Gasteiger partial charge in [0.15, 0.2) is 5.69 Å². The molecule has 1 N–H and O–H groups in total. The maximum Gasteiger partial charge on any atom is 0.163 e. The first kappa shape index (κ1) is 14.8. The average Bonchev–Trinajstić information content (AvgIpc) is 2.53. The molecule has 1 heterocycles. The van der Waals surface area contributed by atoms with Crippen LogP contribution in [0.2, 0.25) is 0 Å². The van der Waals surface area contributed by atoms with E-state index < -0.39 is 0 Å². The van der Waals surface area contributed by atoms with E-state index in [9.17, 15) is 0 Å². The van der Waals surface area contributed by atoms with Crippen LogP contribution in [-0.4, -0.2) is 23.9 Å². The number of rotatable bonds is 5. The highest BCUT2D eigenvalue weighted by Crippen LogP contribution is 2.26. The Morgan fingerprint density at radius 1 is 1.24 bits per heavy atom. The number of aromatic nitrogens is 2. The Morgan fingerprint density at radius 2 is 2.05 bits per heavy atom. The lowest BCUT2D eigenvalue weighted by Gasteiger charge is -2.26. The number of ether oxygens (including phenoxy) is 1. The van der Waals surface area contributed by atoms with Crippen LogP contribution in [0.1, 0.15) is 25.1 Å². The molecule has 108 valence electrons. The maximum atomic E-state index is 8.70. The fourth-order valence-corrected chi connectivity index (χ4v) is 1.94. The van der Waals surface area contributed by atoms with Gasteiger partial charge in [0.25, 0.3) is 0 Å². The zero-order valence-electron chi connectivity index (χ0n) is 12.4. The van der Waals surface area contributed by atoms with Crippen molar-refractivity contribution in [2.45, 2.75) is 19.3 Å². The van der Waals surface area contributed by atoms with Gasteiger partial charge in [0, 0.05) is 12.0 Å². The Balaban J connectivity index is 2.07. The molecule has 0 radical (unpaired) electrons. The summed E-state index contributed by atoms with van der Waals surface area (Å²) in [6.45, 7) is 4.98. The average molecular weight is 282 g/mol. The van der Waals surface area contributed by atoms with Gasteiger partial charge in [-0.1, -0.05) is 26.0 Å². The molecule has 0 saturated heterocycles. The molecule has 0 unspecified atom stereocenters. The zero-order valence-corrected chi connectivity index (χ0v) is 12.4. The van der Waals surface area contributed by atoms with Crippen LogP contribution in [0.5, 0.6) is 5.75 Å². The normalized spacial score (nSPS) is 10.8. The third-order valence-electron chi connectivity index (χ3n) is 3.34. The van der Waals surface area contributed by atoms with Crippen molar-refractivity contribution in [2.75, 3.05) is 19.0 Å². The summed E-state index contributed by atoms with van der Waals surface area (Å²) in [6, 6.07) is 13.4. The lowest BCUT2D eigenvalue weighted by Crippen LogP contribution is -2.28. The fraction of sp³-hybridized carbons (Fsp3) is 0.312. The van der Waals surface area contributed by atoms with Gasteiger partial charge in [-0.2, -0.15) is 5.26 Å². The third-order valence-corrected chi connectivity index (χ3v) is 3.34. The minimum atomic E-state index is -0.0931. The summed E-state index contributed by atoms with van der Waals surface area (Å²) >= 11 is 0. The number of nitrogens with one attached hydrogen (secondary N) is 1. The molecular formula is C16H18N4O. The summed E-state index contributed by atoms with van der Waals surface area (Å²) in [6.07, 6.45) is 0. The topological polar surface area (TPSA) is 70.8 Å². The van der Waals surface area contributed by atoms with Crippen LogP contribution in [0.4, 0.5) is 5.82 Å². The second-order valence-electron chi connectivity index (χ2n) is 5.39. The first-order valence-corrected chi connectivity index (χ1v) is 6.67. The summed E-state index contributed by atoms with van der Waals surface area (Å²) in [4.78, 5) is 0. The van der Waals surface area contributed by atoms with Gasteiger partial charge in [0.05, 0.1) is 7.11 Å². The second-order valence-corrected chi connectivity index (χ2v) is 5.39. The van der Waals surface area contributed by atoms with E-state index in [-0.39, 0.29) is 5.41 Å². The highest BCUT2D eigenvalue weighted by molar-refractivity contribution is 5.38. The zero-order chi connectivity index (χ0) is 15.3. The quantitative estimate of drug-likeness (QED) is 0.913. The monoisotopic (exact) mass is 282 g/mol. The minimum absolute atomic E-state index is 0.0931. The van der Waals surface area contributed by atoms with E-state index in [1.165, 1.54) is 5.56 Å². The van der Waals surface area contributed by atoms with E-state index in [4.69, 9.17) is 10.00 Å². The molecule has 5 heteroatoms. The molecule has 0 amide bonds. The van der Waals surface area contributed by atoms with Gasteiger partial charge in [-0.15, -0.1) is 10.2 Å². The summed E-state index contributed by atoms with van der Waals surface area (Å²) in [5.41, 5.74) is 1.40. The molecule has 21 heavy (non-hydrogen) atoms. The number of anilines is 1. The lowest BCUT2D eigenvalue weighted by molar-refractivity contribution is 0.412. The Morgan fingerprint density at radius 3 is 2.67 bits per heavy atom. The van der Waals surface area contributed by atoms with Crippen molar-refractivity contribution < 1.29 is 4.74 Å². The highest BCUT2D eigenvalue weighted by atomic mass is 16.5. The van der Waals surface area contributed by atoms with E-state index in [0.717, 1.165) is 5.75 Å². The Labute approximate surface area is 124 Å². The van der Waals surface area contributed by atoms with Crippen molar-refractivity contribution in [2.24, 2.45) is 0 Å². The van der Waals surface area contributed by atoms with Crippen molar-refractivity contribution in [3.8, 4) is 11.8 Å². The first-order chi connectivity index (χ1) is 10.0. The SMILES string of the molecule is COc1cccc(C(C)(C)CNc2ccc(C#N)nn2)c1. The number of hydrogen-bond donors (Lipinski definition) is 1. The van der Waals surface area contributed by atoms with Gasteiger partial charge in [0.1, 0.15) is 17.6 Å². The molecule has 0 bridgehead atoms. The highest BCUT2D eigenvalue weighted by Gasteiger charge is 2.21. The molecule has 0 aliphatic heterocycles. The van der Waals surface area contributed by atoms with Gasteiger partial charge in [-0.3, -0.25) is 0 Å². The molecule has 0 fully saturated rings. The van der Waals surface area contributed by atoms with E-state index in [1.807, 2.05) is 24.3 Å². The van der Waals surface area contributed by atoms with Crippen LogP contribution in [0.25, 0.3) is 0 Å². The van der Waals surface area contributed by atoms with Gasteiger partial charge in [-0.05, 0) is 29.8 Å². The summed E-state index contributed by atoms with van der Waals surface area (Å²) in [7, 11) is 1.66. The molecule has 0 saturated carbocycles. The molecule has 2 aromatic rings. The third kappa shape index (κ3) is 3.69. The predicted molar refractivity (Wildman–Crippen MR) is 81.3 cm³/mol. The van der Waals surface area contributed by atoms with Crippen LogP contribution in [-0.2, 0) is 5.41 Å². The van der Waals surface area contributed by atoms with Crippen molar-refractivity contribution in [1.29, 1.82) is 5.26 Å².